The third-order valence-electron chi connectivity index (χ3n) is 5.40. The minimum atomic E-state index is -0.889. The Labute approximate surface area is 221 Å². The number of nitrogen functional groups attached to an aromatic ring is 1. The highest BCUT2D eigenvalue weighted by Crippen LogP contribution is 2.36. The Morgan fingerprint density at radius 2 is 1.86 bits per heavy atom. The van der Waals surface area contributed by atoms with Gasteiger partial charge >= 0.3 is 6.09 Å². The Kier molecular flexibility index (Phi) is 7.84. The van der Waals surface area contributed by atoms with E-state index in [9.17, 15) is 14.7 Å². The van der Waals surface area contributed by atoms with Gasteiger partial charge in [-0.25, -0.2) is 4.79 Å². The zero-order valence-corrected chi connectivity index (χ0v) is 21.4. The highest BCUT2D eigenvalue weighted by Gasteiger charge is 2.26. The lowest BCUT2D eigenvalue weighted by Crippen LogP contribution is -2.21. The number of amides is 2. The lowest BCUT2D eigenvalue weighted by atomic mass is 9.96. The van der Waals surface area contributed by atoms with Crippen LogP contribution in [0.2, 0.25) is 0 Å². The minimum absolute atomic E-state index is 0.0296. The van der Waals surface area contributed by atoms with Crippen LogP contribution in [0.25, 0.3) is 0 Å². The number of fused-ring (bicyclic) bond motifs is 1. The Morgan fingerprint density at radius 3 is 2.67 bits per heavy atom. The van der Waals surface area contributed by atoms with E-state index in [-0.39, 0.29) is 12.5 Å². The Balaban J connectivity index is 1.50. The van der Waals surface area contributed by atoms with Crippen LogP contribution in [-0.4, -0.2) is 23.9 Å². The number of phenols is 1. The molecule has 10 heteroatoms. The molecule has 0 unspecified atom stereocenters. The molecule has 3 aromatic rings. The number of anilines is 3. The maximum absolute atomic E-state index is 12.8. The molecule has 1 aliphatic heterocycles. The van der Waals surface area contributed by atoms with Crippen LogP contribution >= 0.6 is 22.6 Å². The molecule has 9 nitrogen and oxygen atoms in total. The maximum atomic E-state index is 12.8. The van der Waals surface area contributed by atoms with Crippen LogP contribution < -0.4 is 25.8 Å². The number of nitrogens with two attached hydrogens (primary N) is 1. The van der Waals surface area contributed by atoms with E-state index in [1.54, 1.807) is 67.6 Å². The van der Waals surface area contributed by atoms with Gasteiger partial charge in [0.15, 0.2) is 11.5 Å². The smallest absolute Gasteiger partial charge is 0.412 e. The van der Waals surface area contributed by atoms with E-state index in [0.717, 1.165) is 3.57 Å². The standard InChI is InChI=1S/C26H24IN3O6/c1-15(6-11-24(32)30-20-5-3-2-4-19(20)28)25(18-12-16(27)7-9-21(18)31)36-26(33)29-17-8-10-22-23(13-17)35-14-34-22/h2-13,15,25,31H,14,28H2,1H3,(H,29,33)(H,30,32)/b11-6+/t15-,25-/m1/s1. The van der Waals surface area contributed by atoms with Crippen molar-refractivity contribution >= 4 is 51.7 Å². The van der Waals surface area contributed by atoms with E-state index < -0.39 is 24.0 Å². The third kappa shape index (κ3) is 6.19. The van der Waals surface area contributed by atoms with Crippen LogP contribution in [0.1, 0.15) is 18.6 Å². The van der Waals surface area contributed by atoms with Gasteiger partial charge in [-0.3, -0.25) is 10.1 Å². The van der Waals surface area contributed by atoms with E-state index in [0.29, 0.717) is 34.1 Å². The number of benzene rings is 3. The molecule has 2 amide bonds. The molecule has 0 radical (unpaired) electrons. The second-order valence-corrected chi connectivity index (χ2v) is 9.26. The molecule has 0 aliphatic carbocycles. The summed E-state index contributed by atoms with van der Waals surface area (Å²) >= 11 is 2.11. The fourth-order valence-electron chi connectivity index (χ4n) is 3.57. The molecular weight excluding hydrogens is 577 g/mol. The van der Waals surface area contributed by atoms with Crippen molar-refractivity contribution in [2.45, 2.75) is 13.0 Å². The van der Waals surface area contributed by atoms with Gasteiger partial charge in [-0.2, -0.15) is 0 Å². The van der Waals surface area contributed by atoms with Crippen LogP contribution in [-0.2, 0) is 9.53 Å². The number of hydrogen-bond donors (Lipinski definition) is 4. The van der Waals surface area contributed by atoms with E-state index in [4.69, 9.17) is 19.9 Å². The second kappa shape index (κ2) is 11.2. The number of halogens is 1. The van der Waals surface area contributed by atoms with Crippen LogP contribution in [0.15, 0.2) is 72.8 Å². The van der Waals surface area contributed by atoms with Crippen molar-refractivity contribution in [1.82, 2.24) is 0 Å². The van der Waals surface area contributed by atoms with Gasteiger partial charge in [0, 0.05) is 26.8 Å². The number of nitrogens with one attached hydrogen (secondary N) is 2. The van der Waals surface area contributed by atoms with Crippen molar-refractivity contribution in [2.75, 3.05) is 23.2 Å². The largest absolute Gasteiger partial charge is 0.508 e. The molecule has 0 aromatic heterocycles. The van der Waals surface area contributed by atoms with Crippen LogP contribution in [0, 0.1) is 9.49 Å². The molecule has 36 heavy (non-hydrogen) atoms. The molecule has 186 valence electrons. The summed E-state index contributed by atoms with van der Waals surface area (Å²) in [4.78, 5) is 25.3. The highest BCUT2D eigenvalue weighted by molar-refractivity contribution is 14.1. The van der Waals surface area contributed by atoms with Gasteiger partial charge < -0.3 is 30.4 Å². The fraction of sp³-hybridized carbons (Fsp3) is 0.154. The Bertz CT molecular complexity index is 1310. The van der Waals surface area contributed by atoms with Crippen molar-refractivity contribution < 1.29 is 28.9 Å². The van der Waals surface area contributed by atoms with E-state index in [2.05, 4.69) is 33.2 Å². The number of rotatable bonds is 7. The van der Waals surface area contributed by atoms with E-state index in [1.807, 2.05) is 0 Å². The number of aromatic hydroxyl groups is 1. The summed E-state index contributed by atoms with van der Waals surface area (Å²) in [6, 6.07) is 16.9. The van der Waals surface area contributed by atoms with E-state index >= 15 is 0 Å². The number of para-hydroxylation sites is 2. The van der Waals surface area contributed by atoms with Gasteiger partial charge in [0.25, 0.3) is 0 Å². The quantitative estimate of drug-likeness (QED) is 0.161. The lowest BCUT2D eigenvalue weighted by molar-refractivity contribution is -0.111. The predicted octanol–water partition coefficient (Wildman–Crippen LogP) is 5.43. The molecule has 1 heterocycles. The maximum Gasteiger partial charge on any atom is 0.412 e. The monoisotopic (exact) mass is 601 g/mol. The first kappa shape index (κ1) is 25.2. The molecule has 0 spiro atoms. The third-order valence-corrected chi connectivity index (χ3v) is 6.07. The SMILES string of the molecule is C[C@H](/C=C/C(=O)Nc1ccccc1N)[C@@H](OC(=O)Nc1ccc2c(c1)OCO2)c1cc(I)ccc1O. The molecular formula is C26H24IN3O6. The first-order valence-corrected chi connectivity index (χ1v) is 12.1. The van der Waals surface area contributed by atoms with Gasteiger partial charge in [-0.15, -0.1) is 0 Å². The highest BCUT2D eigenvalue weighted by atomic mass is 127. The second-order valence-electron chi connectivity index (χ2n) is 8.02. The number of hydrogen-bond acceptors (Lipinski definition) is 7. The molecule has 0 saturated heterocycles. The lowest BCUT2D eigenvalue weighted by Gasteiger charge is -2.24. The summed E-state index contributed by atoms with van der Waals surface area (Å²) in [5.41, 5.74) is 7.68. The zero-order valence-electron chi connectivity index (χ0n) is 19.2. The number of phenolic OH excluding ortho intramolecular Hbond substituents is 1. The molecule has 4 rings (SSSR count). The van der Waals surface area contributed by atoms with Crippen LogP contribution in [0.4, 0.5) is 21.9 Å². The van der Waals surface area contributed by atoms with Crippen molar-refractivity contribution in [3.05, 3.63) is 81.9 Å². The Hall–Kier alpha value is -3.93. The van der Waals surface area contributed by atoms with Crippen molar-refractivity contribution in [3.8, 4) is 17.2 Å². The van der Waals surface area contributed by atoms with Gasteiger partial charge in [-0.05, 0) is 71.1 Å². The summed E-state index contributed by atoms with van der Waals surface area (Å²) < 4.78 is 17.2. The van der Waals surface area contributed by atoms with Crippen LogP contribution in [0.3, 0.4) is 0 Å². The summed E-state index contributed by atoms with van der Waals surface area (Å²) in [6.45, 7) is 1.89. The van der Waals surface area contributed by atoms with Crippen molar-refractivity contribution in [1.29, 1.82) is 0 Å². The first-order valence-electron chi connectivity index (χ1n) is 11.0. The molecule has 5 N–H and O–H groups in total. The minimum Gasteiger partial charge on any atom is -0.508 e. The first-order chi connectivity index (χ1) is 17.3. The van der Waals surface area contributed by atoms with Gasteiger partial charge in [0.1, 0.15) is 11.9 Å². The van der Waals surface area contributed by atoms with Gasteiger partial charge in [0.05, 0.1) is 11.4 Å². The molecule has 1 aliphatic rings. The summed E-state index contributed by atoms with van der Waals surface area (Å²) in [5, 5.41) is 15.9. The fourth-order valence-corrected chi connectivity index (χ4v) is 4.08. The molecule has 0 bridgehead atoms. The van der Waals surface area contributed by atoms with Crippen molar-refractivity contribution in [2.24, 2.45) is 5.92 Å². The van der Waals surface area contributed by atoms with Crippen LogP contribution in [0.5, 0.6) is 17.2 Å². The summed E-state index contributed by atoms with van der Waals surface area (Å²) in [6.07, 6.45) is 1.32. The molecule has 0 saturated carbocycles. The van der Waals surface area contributed by atoms with Gasteiger partial charge in [0.2, 0.25) is 12.7 Å². The predicted molar refractivity (Wildman–Crippen MR) is 144 cm³/mol. The topological polar surface area (TPSA) is 132 Å². The Morgan fingerprint density at radius 1 is 1.08 bits per heavy atom. The zero-order chi connectivity index (χ0) is 25.7. The normalized spacial score (nSPS) is 13.7. The number of ether oxygens (including phenoxy) is 3. The molecule has 3 aromatic carbocycles. The summed E-state index contributed by atoms with van der Waals surface area (Å²) in [5.74, 6) is 0.203. The molecule has 2 atom stereocenters. The van der Waals surface area contributed by atoms with Gasteiger partial charge in [-0.1, -0.05) is 25.1 Å². The van der Waals surface area contributed by atoms with E-state index in [1.165, 1.54) is 12.1 Å². The average Bonchev–Trinajstić information content (AvgIpc) is 3.32. The van der Waals surface area contributed by atoms with Crippen molar-refractivity contribution in [3.63, 3.8) is 0 Å². The molecule has 0 fully saturated rings. The average molecular weight is 601 g/mol. The number of carbonyl (C=O) groups is 2. The summed E-state index contributed by atoms with van der Waals surface area (Å²) in [7, 11) is 0. The number of carbonyl (C=O) groups excluding carboxylic acids is 2.